The molecule has 1 aromatic carbocycles. The van der Waals surface area contributed by atoms with Crippen molar-refractivity contribution in [3.8, 4) is 0 Å². The lowest BCUT2D eigenvalue weighted by atomic mass is 10.0. The normalized spacial score (nSPS) is 12.6. The molecular weight excluding hydrogens is 290 g/mol. The molecule has 0 radical (unpaired) electrons. The van der Waals surface area contributed by atoms with Crippen LogP contribution in [0.3, 0.4) is 0 Å². The van der Waals surface area contributed by atoms with E-state index >= 15 is 0 Å². The smallest absolute Gasteiger partial charge is 0.159 e. The molecule has 2 nitrogen and oxygen atoms in total. The van der Waals surface area contributed by atoms with E-state index in [0.717, 1.165) is 35.7 Å². The molecule has 5 heteroatoms. The topological polar surface area (TPSA) is 24.9 Å². The SMILES string of the molecule is CCCNC(Cc1ccc(F)c(F)c1)Cc1csc(C)n1. The molecule has 21 heavy (non-hydrogen) atoms. The molecule has 2 rings (SSSR count). The van der Waals surface area contributed by atoms with Crippen LogP contribution in [0.1, 0.15) is 29.6 Å². The Labute approximate surface area is 128 Å². The number of rotatable bonds is 7. The minimum Gasteiger partial charge on any atom is -0.313 e. The van der Waals surface area contributed by atoms with Gasteiger partial charge in [0.05, 0.1) is 10.7 Å². The number of aromatic nitrogens is 1. The van der Waals surface area contributed by atoms with Gasteiger partial charge in [-0.3, -0.25) is 0 Å². The first-order valence-corrected chi connectivity index (χ1v) is 8.04. The van der Waals surface area contributed by atoms with Crippen molar-refractivity contribution in [1.29, 1.82) is 0 Å². The van der Waals surface area contributed by atoms with Crippen molar-refractivity contribution in [2.75, 3.05) is 6.54 Å². The molecule has 1 aromatic heterocycles. The van der Waals surface area contributed by atoms with Crippen LogP contribution in [0.15, 0.2) is 23.6 Å². The highest BCUT2D eigenvalue weighted by molar-refractivity contribution is 7.09. The molecule has 0 aliphatic rings. The summed E-state index contributed by atoms with van der Waals surface area (Å²) in [4.78, 5) is 4.48. The van der Waals surface area contributed by atoms with Gasteiger partial charge in [-0.05, 0) is 44.0 Å². The van der Waals surface area contributed by atoms with Crippen molar-refractivity contribution >= 4 is 11.3 Å². The minimum absolute atomic E-state index is 0.177. The molecule has 1 heterocycles. The Bertz CT molecular complexity index is 583. The molecule has 0 spiro atoms. The number of hydrogen-bond acceptors (Lipinski definition) is 3. The summed E-state index contributed by atoms with van der Waals surface area (Å²) in [6.07, 6.45) is 2.49. The largest absolute Gasteiger partial charge is 0.313 e. The summed E-state index contributed by atoms with van der Waals surface area (Å²) in [5, 5.41) is 6.56. The predicted octanol–water partition coefficient (Wildman–Crippen LogP) is 3.88. The highest BCUT2D eigenvalue weighted by atomic mass is 32.1. The maximum Gasteiger partial charge on any atom is 0.159 e. The van der Waals surface area contributed by atoms with Gasteiger partial charge in [-0.15, -0.1) is 11.3 Å². The molecule has 1 atom stereocenters. The third kappa shape index (κ3) is 4.86. The van der Waals surface area contributed by atoms with Crippen molar-refractivity contribution in [1.82, 2.24) is 10.3 Å². The van der Waals surface area contributed by atoms with E-state index in [1.807, 2.05) is 6.92 Å². The molecule has 114 valence electrons. The van der Waals surface area contributed by atoms with E-state index in [2.05, 4.69) is 22.6 Å². The summed E-state index contributed by atoms with van der Waals surface area (Å²) in [6.45, 7) is 4.99. The van der Waals surface area contributed by atoms with E-state index in [1.165, 1.54) is 12.1 Å². The zero-order chi connectivity index (χ0) is 15.2. The standard InChI is InChI=1S/C16H20F2N2S/c1-3-6-19-13(9-14-10-21-11(2)20-14)7-12-4-5-15(17)16(18)8-12/h4-5,8,10,13,19H,3,6-7,9H2,1-2H3. The summed E-state index contributed by atoms with van der Waals surface area (Å²) in [5.41, 5.74) is 1.85. The van der Waals surface area contributed by atoms with Crippen molar-refractivity contribution in [3.05, 3.63) is 51.5 Å². The fourth-order valence-corrected chi connectivity index (χ4v) is 2.90. The third-order valence-corrected chi connectivity index (χ3v) is 4.09. The van der Waals surface area contributed by atoms with Gasteiger partial charge in [0.15, 0.2) is 11.6 Å². The number of nitrogens with one attached hydrogen (secondary N) is 1. The van der Waals surface area contributed by atoms with Crippen molar-refractivity contribution in [2.45, 2.75) is 39.2 Å². The van der Waals surface area contributed by atoms with E-state index in [4.69, 9.17) is 0 Å². The second-order valence-electron chi connectivity index (χ2n) is 5.17. The van der Waals surface area contributed by atoms with Crippen LogP contribution in [0.4, 0.5) is 8.78 Å². The van der Waals surface area contributed by atoms with E-state index in [0.29, 0.717) is 6.42 Å². The van der Waals surface area contributed by atoms with Gasteiger partial charge in [-0.1, -0.05) is 13.0 Å². The lowest BCUT2D eigenvalue weighted by molar-refractivity contribution is 0.490. The predicted molar refractivity (Wildman–Crippen MR) is 82.7 cm³/mol. The number of halogens is 2. The first-order valence-electron chi connectivity index (χ1n) is 7.16. The van der Waals surface area contributed by atoms with E-state index in [-0.39, 0.29) is 6.04 Å². The van der Waals surface area contributed by atoms with Gasteiger partial charge < -0.3 is 5.32 Å². The van der Waals surface area contributed by atoms with E-state index < -0.39 is 11.6 Å². The number of hydrogen-bond donors (Lipinski definition) is 1. The number of benzene rings is 1. The van der Waals surface area contributed by atoms with Crippen LogP contribution in [0.5, 0.6) is 0 Å². The Kier molecular flexibility index (Phi) is 5.82. The summed E-state index contributed by atoms with van der Waals surface area (Å²) in [5.74, 6) is -1.59. The zero-order valence-electron chi connectivity index (χ0n) is 12.3. The molecule has 0 bridgehead atoms. The number of aryl methyl sites for hydroxylation is 1. The van der Waals surface area contributed by atoms with Gasteiger partial charge in [-0.25, -0.2) is 13.8 Å². The van der Waals surface area contributed by atoms with Crippen LogP contribution in [0.2, 0.25) is 0 Å². The van der Waals surface area contributed by atoms with Gasteiger partial charge in [0.25, 0.3) is 0 Å². The minimum atomic E-state index is -0.799. The van der Waals surface area contributed by atoms with Crippen LogP contribution in [-0.4, -0.2) is 17.6 Å². The van der Waals surface area contributed by atoms with Crippen molar-refractivity contribution in [3.63, 3.8) is 0 Å². The average Bonchev–Trinajstić information content (AvgIpc) is 2.85. The highest BCUT2D eigenvalue weighted by Crippen LogP contribution is 2.14. The maximum atomic E-state index is 13.3. The lowest BCUT2D eigenvalue weighted by Crippen LogP contribution is -2.34. The second-order valence-corrected chi connectivity index (χ2v) is 6.23. The molecular formula is C16H20F2N2S. The number of thiazole rings is 1. The quantitative estimate of drug-likeness (QED) is 0.839. The first-order chi connectivity index (χ1) is 10.1. The molecule has 0 aliphatic carbocycles. The summed E-state index contributed by atoms with van der Waals surface area (Å²) >= 11 is 1.63. The molecule has 0 amide bonds. The van der Waals surface area contributed by atoms with Crippen molar-refractivity contribution < 1.29 is 8.78 Å². The highest BCUT2D eigenvalue weighted by Gasteiger charge is 2.13. The fraction of sp³-hybridized carbons (Fsp3) is 0.438. The molecule has 0 saturated carbocycles. The fourth-order valence-electron chi connectivity index (χ4n) is 2.27. The van der Waals surface area contributed by atoms with Crippen LogP contribution in [0.25, 0.3) is 0 Å². The van der Waals surface area contributed by atoms with Gasteiger partial charge in [0.2, 0.25) is 0 Å². The molecule has 0 aliphatic heterocycles. The van der Waals surface area contributed by atoms with Gasteiger partial charge in [0, 0.05) is 17.8 Å². The Morgan fingerprint density at radius 2 is 2.05 bits per heavy atom. The molecule has 1 N–H and O–H groups in total. The van der Waals surface area contributed by atoms with Gasteiger partial charge in [0.1, 0.15) is 0 Å². The zero-order valence-corrected chi connectivity index (χ0v) is 13.1. The van der Waals surface area contributed by atoms with E-state index in [9.17, 15) is 8.78 Å². The summed E-state index contributed by atoms with van der Waals surface area (Å²) in [7, 11) is 0. The summed E-state index contributed by atoms with van der Waals surface area (Å²) in [6, 6.07) is 4.29. The van der Waals surface area contributed by atoms with Crippen LogP contribution in [0, 0.1) is 18.6 Å². The first kappa shape index (κ1) is 16.0. The molecule has 1 unspecified atom stereocenters. The van der Waals surface area contributed by atoms with Crippen molar-refractivity contribution in [2.24, 2.45) is 0 Å². The Balaban J connectivity index is 2.06. The molecule has 2 aromatic rings. The Hall–Kier alpha value is -1.33. The van der Waals surface area contributed by atoms with Crippen LogP contribution in [-0.2, 0) is 12.8 Å². The molecule has 0 fully saturated rings. The van der Waals surface area contributed by atoms with Crippen LogP contribution >= 0.6 is 11.3 Å². The lowest BCUT2D eigenvalue weighted by Gasteiger charge is -2.18. The number of nitrogens with zero attached hydrogens (tertiary/aromatic N) is 1. The summed E-state index contributed by atoms with van der Waals surface area (Å²) < 4.78 is 26.3. The van der Waals surface area contributed by atoms with Crippen LogP contribution < -0.4 is 5.32 Å². The van der Waals surface area contributed by atoms with Gasteiger partial charge in [-0.2, -0.15) is 0 Å². The Morgan fingerprint density at radius 3 is 2.67 bits per heavy atom. The van der Waals surface area contributed by atoms with Gasteiger partial charge >= 0.3 is 0 Å². The molecule has 0 saturated heterocycles. The average molecular weight is 310 g/mol. The second kappa shape index (κ2) is 7.61. The maximum absolute atomic E-state index is 13.3. The third-order valence-electron chi connectivity index (χ3n) is 3.27. The van der Waals surface area contributed by atoms with E-state index in [1.54, 1.807) is 17.4 Å². The monoisotopic (exact) mass is 310 g/mol. The Morgan fingerprint density at radius 1 is 1.24 bits per heavy atom.